The second-order valence-electron chi connectivity index (χ2n) is 8.62. The maximum Gasteiger partial charge on any atom is 0.0746 e. The van der Waals surface area contributed by atoms with Crippen molar-refractivity contribution in [2.45, 2.75) is 44.7 Å². The van der Waals surface area contributed by atoms with E-state index in [0.29, 0.717) is 5.92 Å². The highest BCUT2D eigenvalue weighted by atomic mass is 15.3. The van der Waals surface area contributed by atoms with Crippen LogP contribution in [0.5, 0.6) is 0 Å². The molecule has 1 aliphatic rings. The molecule has 4 rings (SSSR count). The molecule has 2 heterocycles. The van der Waals surface area contributed by atoms with E-state index in [1.54, 1.807) is 0 Å². The van der Waals surface area contributed by atoms with Crippen molar-refractivity contribution in [3.05, 3.63) is 59.5 Å². The fourth-order valence-electron chi connectivity index (χ4n) is 4.75. The Hall–Kier alpha value is -2.24. The second kappa shape index (κ2) is 9.06. The van der Waals surface area contributed by atoms with Gasteiger partial charge in [0.25, 0.3) is 0 Å². The van der Waals surface area contributed by atoms with Crippen molar-refractivity contribution in [3.8, 4) is 0 Å². The van der Waals surface area contributed by atoms with Crippen LogP contribution in [-0.4, -0.2) is 40.3 Å². The number of aromatic nitrogens is 3. The third kappa shape index (κ3) is 4.68. The first kappa shape index (κ1) is 20.0. The predicted molar refractivity (Wildman–Crippen MR) is 119 cm³/mol. The molecule has 0 bridgehead atoms. The lowest BCUT2D eigenvalue weighted by molar-refractivity contribution is 0.310. The molecule has 0 unspecified atom stereocenters. The van der Waals surface area contributed by atoms with Gasteiger partial charge in [-0.3, -0.25) is 14.6 Å². The lowest BCUT2D eigenvalue weighted by atomic mass is 9.80. The molecule has 0 atom stereocenters. The number of hydrogen-bond donors (Lipinski definition) is 1. The second-order valence-corrected chi connectivity index (χ2v) is 8.62. The first-order valence-corrected chi connectivity index (χ1v) is 10.8. The Morgan fingerprint density at radius 3 is 2.69 bits per heavy atom. The Balaban J connectivity index is 1.41. The molecule has 5 heteroatoms. The van der Waals surface area contributed by atoms with Crippen molar-refractivity contribution < 1.29 is 0 Å². The van der Waals surface area contributed by atoms with E-state index in [0.717, 1.165) is 31.1 Å². The fraction of sp³-hybridized carbons (Fsp3) is 0.500. The number of nitrogens with one attached hydrogen (secondary N) is 1. The molecule has 0 spiro atoms. The van der Waals surface area contributed by atoms with Crippen LogP contribution in [0.4, 0.5) is 0 Å². The number of rotatable bonds is 7. The monoisotopic (exact) mass is 391 g/mol. The highest BCUT2D eigenvalue weighted by Gasteiger charge is 2.24. The van der Waals surface area contributed by atoms with Gasteiger partial charge in [-0.05, 0) is 69.9 Å². The molecule has 1 aromatic carbocycles. The molecule has 3 aromatic rings. The van der Waals surface area contributed by atoms with E-state index in [1.165, 1.54) is 48.0 Å². The molecule has 1 N–H and O–H groups in total. The Morgan fingerprint density at radius 1 is 1.10 bits per heavy atom. The van der Waals surface area contributed by atoms with Crippen LogP contribution in [0.25, 0.3) is 10.9 Å². The molecule has 0 aliphatic heterocycles. The third-order valence-electron chi connectivity index (χ3n) is 6.34. The van der Waals surface area contributed by atoms with Gasteiger partial charge in [-0.2, -0.15) is 5.10 Å². The van der Waals surface area contributed by atoms with E-state index in [2.05, 4.69) is 71.4 Å². The van der Waals surface area contributed by atoms with E-state index < -0.39 is 0 Å². The van der Waals surface area contributed by atoms with E-state index >= 15 is 0 Å². The molecular formula is C24H33N5. The van der Waals surface area contributed by atoms with Gasteiger partial charge in [0.2, 0.25) is 0 Å². The van der Waals surface area contributed by atoms with Crippen LogP contribution in [0.2, 0.25) is 0 Å². The van der Waals surface area contributed by atoms with Crippen molar-refractivity contribution >= 4 is 10.9 Å². The summed E-state index contributed by atoms with van der Waals surface area (Å²) < 4.78 is 2.08. The Morgan fingerprint density at radius 2 is 1.90 bits per heavy atom. The summed E-state index contributed by atoms with van der Waals surface area (Å²) >= 11 is 0. The molecule has 0 amide bonds. The number of fused-ring (bicyclic) bond motifs is 1. The Bertz CT molecular complexity index is 934. The van der Waals surface area contributed by atoms with E-state index in [9.17, 15) is 0 Å². The molecular weight excluding hydrogens is 358 g/mol. The molecule has 154 valence electrons. The average Bonchev–Trinajstić information content (AvgIpc) is 3.09. The van der Waals surface area contributed by atoms with Gasteiger partial charge in [0.15, 0.2) is 0 Å². The minimum atomic E-state index is 0.621. The van der Waals surface area contributed by atoms with Crippen LogP contribution in [0, 0.1) is 5.92 Å². The Kier molecular flexibility index (Phi) is 6.26. The molecule has 1 aliphatic carbocycles. The van der Waals surface area contributed by atoms with Gasteiger partial charge in [-0.1, -0.05) is 24.3 Å². The summed E-state index contributed by atoms with van der Waals surface area (Å²) in [6, 6.07) is 12.9. The minimum Gasteiger partial charge on any atom is -0.319 e. The summed E-state index contributed by atoms with van der Waals surface area (Å²) in [4.78, 5) is 6.95. The van der Waals surface area contributed by atoms with Crippen LogP contribution in [0.3, 0.4) is 0 Å². The maximum atomic E-state index is 4.88. The van der Waals surface area contributed by atoms with Crippen LogP contribution in [-0.2, 0) is 20.1 Å². The molecule has 5 nitrogen and oxygen atoms in total. The summed E-state index contributed by atoms with van der Waals surface area (Å²) in [5, 5.41) is 9.41. The van der Waals surface area contributed by atoms with Gasteiger partial charge < -0.3 is 5.32 Å². The SMILES string of the molecule is CNCC1CCC(c2cc(CN(C)Cc3cccc4cccnc34)n(C)n2)CC1. The average molecular weight is 392 g/mol. The zero-order chi connectivity index (χ0) is 20.2. The van der Waals surface area contributed by atoms with Crippen molar-refractivity contribution in [3.63, 3.8) is 0 Å². The molecule has 2 aromatic heterocycles. The number of benzene rings is 1. The van der Waals surface area contributed by atoms with E-state index in [-0.39, 0.29) is 0 Å². The molecule has 29 heavy (non-hydrogen) atoms. The molecule has 1 fully saturated rings. The highest BCUT2D eigenvalue weighted by molar-refractivity contribution is 5.81. The lowest BCUT2D eigenvalue weighted by Crippen LogP contribution is -2.23. The largest absolute Gasteiger partial charge is 0.319 e. The first-order valence-electron chi connectivity index (χ1n) is 10.8. The van der Waals surface area contributed by atoms with E-state index in [1.807, 2.05) is 12.3 Å². The van der Waals surface area contributed by atoms with Crippen LogP contribution in [0.15, 0.2) is 42.6 Å². The van der Waals surface area contributed by atoms with Gasteiger partial charge in [0, 0.05) is 37.6 Å². The molecule has 0 saturated heterocycles. The number of hydrogen-bond acceptors (Lipinski definition) is 4. The smallest absolute Gasteiger partial charge is 0.0746 e. The summed E-state index contributed by atoms with van der Waals surface area (Å²) in [7, 11) is 6.32. The summed E-state index contributed by atoms with van der Waals surface area (Å²) in [6.45, 7) is 2.92. The van der Waals surface area contributed by atoms with Gasteiger partial charge in [0.05, 0.1) is 16.9 Å². The Labute approximate surface area is 174 Å². The first-order chi connectivity index (χ1) is 14.1. The number of nitrogens with zero attached hydrogens (tertiary/aromatic N) is 4. The maximum absolute atomic E-state index is 4.88. The standard InChI is InChI=1S/C24H33N5/c1-25-15-18-9-11-19(12-10-18)23-14-22(29(3)27-23)17-28(2)16-21-7-4-6-20-8-5-13-26-24(20)21/h4-8,13-14,18-19,25H,9-12,15-17H2,1-3H3. The number of pyridine rings is 1. The zero-order valence-corrected chi connectivity index (χ0v) is 17.9. The number of aryl methyl sites for hydroxylation is 1. The zero-order valence-electron chi connectivity index (χ0n) is 17.9. The summed E-state index contributed by atoms with van der Waals surface area (Å²) in [6.07, 6.45) is 7.03. The van der Waals surface area contributed by atoms with Gasteiger partial charge in [-0.25, -0.2) is 0 Å². The van der Waals surface area contributed by atoms with Crippen molar-refractivity contribution in [2.75, 3.05) is 20.6 Å². The fourth-order valence-corrected chi connectivity index (χ4v) is 4.75. The van der Waals surface area contributed by atoms with Crippen molar-refractivity contribution in [1.82, 2.24) is 25.0 Å². The quantitative estimate of drug-likeness (QED) is 0.659. The normalized spacial score (nSPS) is 19.9. The third-order valence-corrected chi connectivity index (χ3v) is 6.34. The highest BCUT2D eigenvalue weighted by Crippen LogP contribution is 2.35. The predicted octanol–water partition coefficient (Wildman–Crippen LogP) is 4.09. The van der Waals surface area contributed by atoms with Gasteiger partial charge >= 0.3 is 0 Å². The van der Waals surface area contributed by atoms with E-state index in [4.69, 9.17) is 5.10 Å². The molecule has 0 radical (unpaired) electrons. The van der Waals surface area contributed by atoms with Gasteiger partial charge in [0.1, 0.15) is 0 Å². The van der Waals surface area contributed by atoms with Crippen LogP contribution >= 0.6 is 0 Å². The molecule has 1 saturated carbocycles. The van der Waals surface area contributed by atoms with Crippen molar-refractivity contribution in [2.24, 2.45) is 13.0 Å². The van der Waals surface area contributed by atoms with Crippen LogP contribution in [0.1, 0.15) is 48.6 Å². The minimum absolute atomic E-state index is 0.621. The lowest BCUT2D eigenvalue weighted by Gasteiger charge is -2.27. The number of para-hydroxylation sites is 1. The van der Waals surface area contributed by atoms with Crippen LogP contribution < -0.4 is 5.32 Å². The topological polar surface area (TPSA) is 46.0 Å². The van der Waals surface area contributed by atoms with Gasteiger partial charge in [-0.15, -0.1) is 0 Å². The summed E-state index contributed by atoms with van der Waals surface area (Å²) in [5.41, 5.74) is 4.94. The van der Waals surface area contributed by atoms with Crippen molar-refractivity contribution in [1.29, 1.82) is 0 Å². The summed E-state index contributed by atoms with van der Waals surface area (Å²) in [5.74, 6) is 1.45.